The summed E-state index contributed by atoms with van der Waals surface area (Å²) in [4.78, 5) is 24.8. The molecule has 14 atom stereocenters. The molecule has 0 aromatic heterocycles. The Labute approximate surface area is 233 Å². The van der Waals surface area contributed by atoms with Crippen molar-refractivity contribution in [2.45, 2.75) is 119 Å². The summed E-state index contributed by atoms with van der Waals surface area (Å²) in [5.74, 6) is -1.61. The van der Waals surface area contributed by atoms with Gasteiger partial charge in [-0.05, 0) is 69.3 Å². The van der Waals surface area contributed by atoms with E-state index in [0.717, 1.165) is 11.9 Å². The number of esters is 1. The molecule has 0 amide bonds. The lowest BCUT2D eigenvalue weighted by molar-refractivity contribution is -0.320. The van der Waals surface area contributed by atoms with Crippen LogP contribution in [0.3, 0.4) is 0 Å². The molecule has 11 nitrogen and oxygen atoms in total. The minimum atomic E-state index is -1.51. The van der Waals surface area contributed by atoms with Crippen LogP contribution in [0, 0.1) is 28.6 Å². The van der Waals surface area contributed by atoms with E-state index in [1.165, 1.54) is 6.08 Å². The molecule has 0 radical (unpaired) electrons. The Morgan fingerprint density at radius 2 is 1.75 bits per heavy atom. The Kier molecular flexibility index (Phi) is 6.83. The molecule has 6 aliphatic rings. The fourth-order valence-electron chi connectivity index (χ4n) is 9.82. The number of aliphatic hydroxyl groups is 6. The third-order valence-electron chi connectivity index (χ3n) is 11.9. The first-order chi connectivity index (χ1) is 18.8. The highest BCUT2D eigenvalue weighted by molar-refractivity contribution is 5.85. The Morgan fingerprint density at radius 3 is 2.42 bits per heavy atom. The minimum absolute atomic E-state index is 0.0615. The van der Waals surface area contributed by atoms with Crippen molar-refractivity contribution >= 4 is 12.3 Å². The predicted molar refractivity (Wildman–Crippen MR) is 136 cm³/mol. The van der Waals surface area contributed by atoms with Crippen LogP contribution in [0.2, 0.25) is 0 Å². The van der Waals surface area contributed by atoms with Crippen molar-refractivity contribution in [3.8, 4) is 0 Å². The van der Waals surface area contributed by atoms with Crippen molar-refractivity contribution in [1.82, 2.24) is 0 Å². The van der Waals surface area contributed by atoms with Crippen molar-refractivity contribution in [3.05, 3.63) is 11.6 Å². The van der Waals surface area contributed by atoms with Crippen LogP contribution in [0.15, 0.2) is 11.6 Å². The summed E-state index contributed by atoms with van der Waals surface area (Å²) in [6, 6.07) is 0. The number of rotatable bonds is 4. The van der Waals surface area contributed by atoms with Crippen LogP contribution >= 0.6 is 0 Å². The molecule has 2 heterocycles. The molecule has 2 aliphatic heterocycles. The molecule has 0 aromatic carbocycles. The second kappa shape index (κ2) is 9.54. The van der Waals surface area contributed by atoms with Crippen LogP contribution < -0.4 is 0 Å². The van der Waals surface area contributed by atoms with Crippen molar-refractivity contribution in [2.24, 2.45) is 28.6 Å². The fourth-order valence-corrected chi connectivity index (χ4v) is 9.82. The van der Waals surface area contributed by atoms with Crippen molar-refractivity contribution < 1.29 is 54.4 Å². The molecule has 0 unspecified atom stereocenters. The number of fused-ring (bicyclic) bond motifs is 5. The minimum Gasteiger partial charge on any atom is -0.458 e. The normalized spacial score (nSPS) is 56.0. The van der Waals surface area contributed by atoms with Crippen molar-refractivity contribution in [1.29, 1.82) is 0 Å². The number of cyclic esters (lactones) is 1. The van der Waals surface area contributed by atoms with E-state index in [4.69, 9.17) is 14.2 Å². The maximum Gasteiger partial charge on any atom is 0.331 e. The maximum absolute atomic E-state index is 13.0. The lowest BCUT2D eigenvalue weighted by atomic mass is 9.41. The smallest absolute Gasteiger partial charge is 0.331 e. The SMILES string of the molecule is C[C@@H]1O[C@@H](O[C@H]2CC[C@]3(C=O)[C@H]4[C@H](O)C[C@]5(C)[C@@H](C6=CC(=O)OC6)CC[C@]5(O)[C@@H]4CC[C@]3(O)C2)[C@H](O)[C@H](O)[C@@H]1O. The lowest BCUT2D eigenvalue weighted by Crippen LogP contribution is -2.72. The molecule has 6 N–H and O–H groups in total. The highest BCUT2D eigenvalue weighted by Crippen LogP contribution is 2.70. The average molecular weight is 567 g/mol. The van der Waals surface area contributed by atoms with Gasteiger partial charge in [0.2, 0.25) is 0 Å². The summed E-state index contributed by atoms with van der Waals surface area (Å²) < 4.78 is 16.8. The van der Waals surface area contributed by atoms with Gasteiger partial charge in [-0.1, -0.05) is 6.92 Å². The fraction of sp³-hybridized carbons (Fsp3) is 0.862. The molecule has 1 saturated heterocycles. The molecule has 0 bridgehead atoms. The number of ether oxygens (including phenoxy) is 3. The Bertz CT molecular complexity index is 1080. The molecular weight excluding hydrogens is 524 g/mol. The van der Waals surface area contributed by atoms with Gasteiger partial charge in [0.1, 0.15) is 31.2 Å². The number of carbonyl (C=O) groups is 2. The second-order valence-electron chi connectivity index (χ2n) is 13.6. The van der Waals surface area contributed by atoms with Gasteiger partial charge >= 0.3 is 5.97 Å². The molecule has 5 fully saturated rings. The average Bonchev–Trinajstić information content (AvgIpc) is 3.45. The number of aliphatic hydroxyl groups excluding tert-OH is 4. The van der Waals surface area contributed by atoms with Gasteiger partial charge in [-0.15, -0.1) is 0 Å². The van der Waals surface area contributed by atoms with Crippen LogP contribution in [0.25, 0.3) is 0 Å². The van der Waals surface area contributed by atoms with Crippen LogP contribution in [-0.4, -0.2) is 104 Å². The molecule has 11 heteroatoms. The first-order valence-electron chi connectivity index (χ1n) is 14.6. The second-order valence-corrected chi connectivity index (χ2v) is 13.6. The quantitative estimate of drug-likeness (QED) is 0.149. The van der Waals surface area contributed by atoms with Crippen LogP contribution in [-0.2, 0) is 23.8 Å². The van der Waals surface area contributed by atoms with Gasteiger partial charge in [0.25, 0.3) is 0 Å². The standard InChI is InChI=1S/C29H42O11/c1-14-22(33)23(34)24(35)25(39-14)40-16-3-6-27(13-30)21-18(4-7-28(27,36)10-16)29(37)8-5-17(15-9-20(32)38-12-15)26(29,2)11-19(21)31/h9,13-14,16-19,21-25,31,33-37H,3-8,10-12H2,1-2H3/t14-,16-,17+,18+,19+,21+,22+,23+,24+,25-,26+,27-,28-,29-/m0/s1. The summed E-state index contributed by atoms with van der Waals surface area (Å²) in [5, 5.41) is 66.7. The molecule has 40 heavy (non-hydrogen) atoms. The van der Waals surface area contributed by atoms with Gasteiger partial charge in [-0.3, -0.25) is 0 Å². The van der Waals surface area contributed by atoms with E-state index in [2.05, 4.69) is 0 Å². The van der Waals surface area contributed by atoms with Gasteiger partial charge in [0, 0.05) is 23.8 Å². The first kappa shape index (κ1) is 28.7. The molecular formula is C29H42O11. The zero-order valence-corrected chi connectivity index (χ0v) is 23.0. The summed E-state index contributed by atoms with van der Waals surface area (Å²) in [7, 11) is 0. The van der Waals surface area contributed by atoms with Gasteiger partial charge in [-0.25, -0.2) is 4.79 Å². The Balaban J connectivity index is 1.25. The summed E-state index contributed by atoms with van der Waals surface area (Å²) in [6.07, 6.45) is -2.87. The number of aldehydes is 1. The van der Waals surface area contributed by atoms with Gasteiger partial charge in [-0.2, -0.15) is 0 Å². The molecule has 4 saturated carbocycles. The highest BCUT2D eigenvalue weighted by Gasteiger charge is 2.73. The van der Waals surface area contributed by atoms with Gasteiger partial charge < -0.3 is 49.6 Å². The largest absolute Gasteiger partial charge is 0.458 e. The number of hydrogen-bond donors (Lipinski definition) is 6. The number of carbonyl (C=O) groups excluding carboxylic acids is 2. The van der Waals surface area contributed by atoms with Crippen LogP contribution in [0.1, 0.15) is 65.2 Å². The van der Waals surface area contributed by atoms with E-state index in [-0.39, 0.29) is 38.2 Å². The van der Waals surface area contributed by atoms with E-state index >= 15 is 0 Å². The van der Waals surface area contributed by atoms with Crippen LogP contribution in [0.5, 0.6) is 0 Å². The first-order valence-corrected chi connectivity index (χ1v) is 14.6. The topological polar surface area (TPSA) is 183 Å². The zero-order valence-electron chi connectivity index (χ0n) is 23.0. The molecule has 4 aliphatic carbocycles. The zero-order chi connectivity index (χ0) is 28.8. The predicted octanol–water partition coefficient (Wildman–Crippen LogP) is -0.279. The maximum atomic E-state index is 13.0. The highest BCUT2D eigenvalue weighted by atomic mass is 16.7. The summed E-state index contributed by atoms with van der Waals surface area (Å²) in [6.45, 7) is 3.72. The molecule has 6 rings (SSSR count). The lowest BCUT2D eigenvalue weighted by Gasteiger charge is -2.66. The van der Waals surface area contributed by atoms with E-state index in [1.54, 1.807) is 6.92 Å². The van der Waals surface area contributed by atoms with E-state index in [0.29, 0.717) is 25.7 Å². The van der Waals surface area contributed by atoms with Crippen molar-refractivity contribution in [2.75, 3.05) is 6.61 Å². The van der Waals surface area contributed by atoms with E-state index in [1.807, 2.05) is 6.92 Å². The third-order valence-corrected chi connectivity index (χ3v) is 11.9. The Morgan fingerprint density at radius 1 is 1.00 bits per heavy atom. The summed E-state index contributed by atoms with van der Waals surface area (Å²) >= 11 is 0. The van der Waals surface area contributed by atoms with E-state index < -0.39 is 82.8 Å². The Hall–Kier alpha value is -1.44. The van der Waals surface area contributed by atoms with E-state index in [9.17, 15) is 40.2 Å². The molecule has 0 aromatic rings. The van der Waals surface area contributed by atoms with Gasteiger partial charge in [0.15, 0.2) is 6.29 Å². The number of hydrogen-bond acceptors (Lipinski definition) is 11. The monoisotopic (exact) mass is 566 g/mol. The molecule has 0 spiro atoms. The molecule has 224 valence electrons. The summed E-state index contributed by atoms with van der Waals surface area (Å²) in [5.41, 5.74) is -3.89. The van der Waals surface area contributed by atoms with Gasteiger partial charge in [0.05, 0.1) is 34.9 Å². The van der Waals surface area contributed by atoms with Crippen LogP contribution in [0.4, 0.5) is 0 Å². The third kappa shape index (κ3) is 3.78. The van der Waals surface area contributed by atoms with Crippen molar-refractivity contribution in [3.63, 3.8) is 0 Å².